The highest BCUT2D eigenvalue weighted by Gasteiger charge is 2.50. The number of carbonyl (C=O) groups excluding carboxylic acids is 2. The van der Waals surface area contributed by atoms with Gasteiger partial charge in [-0.1, -0.05) is 0 Å². The highest BCUT2D eigenvalue weighted by molar-refractivity contribution is 5.89. The normalized spacial score (nSPS) is 17.5. The molecule has 2 aliphatic rings. The number of hydrogen-bond donors (Lipinski definition) is 1. The van der Waals surface area contributed by atoms with Crippen LogP contribution >= 0.6 is 0 Å². The van der Waals surface area contributed by atoms with Crippen molar-refractivity contribution in [3.63, 3.8) is 0 Å². The lowest BCUT2D eigenvalue weighted by Gasteiger charge is -2.42. The average Bonchev–Trinajstić information content (AvgIpc) is 3.42. The first-order chi connectivity index (χ1) is 13.6. The lowest BCUT2D eigenvalue weighted by atomic mass is 9.85. The number of aromatic amines is 1. The van der Waals surface area contributed by atoms with E-state index < -0.39 is 0 Å². The first kappa shape index (κ1) is 20.0. The van der Waals surface area contributed by atoms with Gasteiger partial charge in [0.25, 0.3) is 0 Å². The highest BCUT2D eigenvalue weighted by Crippen LogP contribution is 2.46. The van der Waals surface area contributed by atoms with Gasteiger partial charge >= 0.3 is 11.9 Å². The fourth-order valence-corrected chi connectivity index (χ4v) is 3.01. The van der Waals surface area contributed by atoms with Gasteiger partial charge < -0.3 is 18.9 Å². The van der Waals surface area contributed by atoms with Crippen molar-refractivity contribution in [2.75, 3.05) is 26.4 Å². The van der Waals surface area contributed by atoms with Gasteiger partial charge in [0.1, 0.15) is 0 Å². The minimum Gasteiger partial charge on any atom is -0.462 e. The summed E-state index contributed by atoms with van der Waals surface area (Å²) >= 11 is 0. The Morgan fingerprint density at radius 1 is 1.14 bits per heavy atom. The number of aromatic nitrogens is 4. The monoisotopic (exact) mass is 392 g/mol. The molecule has 1 N–H and O–H groups in total. The molecule has 0 unspecified atom stereocenters. The predicted molar refractivity (Wildman–Crippen MR) is 95.6 cm³/mol. The average molecular weight is 392 g/mol. The van der Waals surface area contributed by atoms with Crippen molar-refractivity contribution >= 4 is 11.9 Å². The fraction of sp³-hybridized carbons (Fsp3) is 0.556. The number of hydrogen-bond acceptors (Lipinski definition) is 8. The molecule has 10 heteroatoms. The van der Waals surface area contributed by atoms with Crippen molar-refractivity contribution in [2.24, 2.45) is 0 Å². The zero-order valence-corrected chi connectivity index (χ0v) is 15.9. The molecule has 2 aromatic rings. The second-order valence-electron chi connectivity index (χ2n) is 6.31. The molecule has 10 nitrogen and oxygen atoms in total. The van der Waals surface area contributed by atoms with Gasteiger partial charge in [0.2, 0.25) is 0 Å². The van der Waals surface area contributed by atoms with Crippen molar-refractivity contribution in [1.82, 2.24) is 20.0 Å². The van der Waals surface area contributed by atoms with E-state index in [0.29, 0.717) is 37.6 Å². The molecule has 3 heterocycles. The van der Waals surface area contributed by atoms with Gasteiger partial charge in [0.15, 0.2) is 5.79 Å². The molecule has 28 heavy (non-hydrogen) atoms. The SMILES string of the molecule is CCOC(=O)c1cn[nH]c1.CCOC(=O)c1cnn(C2CC3(C2)OCCO3)c1. The zero-order valence-electron chi connectivity index (χ0n) is 15.9. The minimum atomic E-state index is -0.388. The number of nitrogens with zero attached hydrogens (tertiary/aromatic N) is 3. The first-order valence-corrected chi connectivity index (χ1v) is 9.22. The zero-order chi connectivity index (χ0) is 20.0. The van der Waals surface area contributed by atoms with E-state index in [0.717, 1.165) is 12.8 Å². The van der Waals surface area contributed by atoms with Crippen molar-refractivity contribution < 1.29 is 28.5 Å². The van der Waals surface area contributed by atoms with Gasteiger partial charge in [-0.25, -0.2) is 9.59 Å². The lowest BCUT2D eigenvalue weighted by molar-refractivity contribution is -0.227. The van der Waals surface area contributed by atoms with Crippen LogP contribution in [0.15, 0.2) is 24.8 Å². The number of rotatable bonds is 5. The van der Waals surface area contributed by atoms with Crippen LogP contribution in [0.2, 0.25) is 0 Å². The molecule has 0 amide bonds. The molecule has 2 fully saturated rings. The second kappa shape index (κ2) is 8.98. The Hall–Kier alpha value is -2.72. The Bertz CT molecular complexity index is 774. The molecule has 0 aromatic carbocycles. The van der Waals surface area contributed by atoms with Crippen LogP contribution in [0.1, 0.15) is 53.4 Å². The predicted octanol–water partition coefficient (Wildman–Crippen LogP) is 1.72. The summed E-state index contributed by atoms with van der Waals surface area (Å²) < 4.78 is 22.5. The molecule has 1 saturated carbocycles. The van der Waals surface area contributed by atoms with E-state index in [-0.39, 0.29) is 23.8 Å². The lowest BCUT2D eigenvalue weighted by Crippen LogP contribution is -2.45. The molecule has 152 valence electrons. The Morgan fingerprint density at radius 2 is 1.79 bits per heavy atom. The summed E-state index contributed by atoms with van der Waals surface area (Å²) in [6.45, 7) is 5.65. The Balaban J connectivity index is 0.000000192. The van der Waals surface area contributed by atoms with Gasteiger partial charge in [-0.3, -0.25) is 9.78 Å². The van der Waals surface area contributed by atoms with Crippen LogP contribution in [0.4, 0.5) is 0 Å². The van der Waals surface area contributed by atoms with Gasteiger partial charge in [0, 0.05) is 25.2 Å². The summed E-state index contributed by atoms with van der Waals surface area (Å²) in [7, 11) is 0. The topological polar surface area (TPSA) is 118 Å². The van der Waals surface area contributed by atoms with Crippen LogP contribution in [0.25, 0.3) is 0 Å². The van der Waals surface area contributed by atoms with Crippen LogP contribution in [0.5, 0.6) is 0 Å². The van der Waals surface area contributed by atoms with Crippen LogP contribution in [0.3, 0.4) is 0 Å². The molecule has 1 aliphatic carbocycles. The van der Waals surface area contributed by atoms with Gasteiger partial charge in [-0.2, -0.15) is 10.2 Å². The van der Waals surface area contributed by atoms with Gasteiger partial charge in [0.05, 0.1) is 56.0 Å². The van der Waals surface area contributed by atoms with E-state index in [2.05, 4.69) is 20.0 Å². The molecule has 4 rings (SSSR count). The molecular weight excluding hydrogens is 368 g/mol. The van der Waals surface area contributed by atoms with E-state index in [4.69, 9.17) is 14.2 Å². The smallest absolute Gasteiger partial charge is 0.341 e. The summed E-state index contributed by atoms with van der Waals surface area (Å²) in [6, 6.07) is 0.242. The standard InChI is InChI=1S/C12H16N2O4.C6H8N2O2/c1-2-16-11(15)9-7-13-14(8-9)10-5-12(6-10)17-3-4-18-12;1-2-10-6(9)5-3-7-8-4-5/h7-8,10H,2-6H2,1H3;3-4H,2H2,1H3,(H,7,8). The van der Waals surface area contributed by atoms with E-state index in [1.165, 1.54) is 12.4 Å². The third kappa shape index (κ3) is 4.57. The van der Waals surface area contributed by atoms with Gasteiger partial charge in [-0.15, -0.1) is 0 Å². The number of ether oxygens (including phenoxy) is 4. The Kier molecular flexibility index (Phi) is 6.42. The largest absolute Gasteiger partial charge is 0.462 e. The minimum absolute atomic E-state index is 0.242. The molecule has 1 saturated heterocycles. The van der Waals surface area contributed by atoms with E-state index in [1.807, 2.05) is 0 Å². The third-order valence-corrected chi connectivity index (χ3v) is 4.40. The van der Waals surface area contributed by atoms with E-state index >= 15 is 0 Å². The molecule has 0 bridgehead atoms. The van der Waals surface area contributed by atoms with Crippen LogP contribution in [-0.2, 0) is 18.9 Å². The van der Waals surface area contributed by atoms with Crippen LogP contribution in [-0.4, -0.2) is 64.1 Å². The third-order valence-electron chi connectivity index (χ3n) is 4.40. The van der Waals surface area contributed by atoms with Crippen molar-refractivity contribution in [2.45, 2.75) is 38.5 Å². The van der Waals surface area contributed by atoms with Crippen molar-refractivity contribution in [1.29, 1.82) is 0 Å². The van der Waals surface area contributed by atoms with Crippen molar-refractivity contribution in [3.05, 3.63) is 35.9 Å². The first-order valence-electron chi connectivity index (χ1n) is 9.22. The maximum absolute atomic E-state index is 11.5. The summed E-state index contributed by atoms with van der Waals surface area (Å²) in [6.07, 6.45) is 7.77. The number of nitrogens with one attached hydrogen (secondary N) is 1. The number of carbonyl (C=O) groups is 2. The summed E-state index contributed by atoms with van der Waals surface area (Å²) in [5.41, 5.74) is 0.952. The summed E-state index contributed by atoms with van der Waals surface area (Å²) in [5.74, 6) is -1.05. The highest BCUT2D eigenvalue weighted by atomic mass is 16.7. The molecule has 2 aromatic heterocycles. The number of H-pyrrole nitrogens is 1. The van der Waals surface area contributed by atoms with E-state index in [1.54, 1.807) is 30.9 Å². The number of esters is 2. The quantitative estimate of drug-likeness (QED) is 0.765. The maximum atomic E-state index is 11.5. The van der Waals surface area contributed by atoms with E-state index in [9.17, 15) is 9.59 Å². The summed E-state index contributed by atoms with van der Waals surface area (Å²) in [5, 5.41) is 10.3. The summed E-state index contributed by atoms with van der Waals surface area (Å²) in [4.78, 5) is 22.3. The van der Waals surface area contributed by atoms with Gasteiger partial charge in [-0.05, 0) is 13.8 Å². The molecular formula is C18H24N4O6. The second-order valence-corrected chi connectivity index (χ2v) is 6.31. The molecule has 0 radical (unpaired) electrons. The Morgan fingerprint density at radius 3 is 2.36 bits per heavy atom. The molecule has 1 spiro atoms. The molecule has 1 aliphatic heterocycles. The molecule has 0 atom stereocenters. The van der Waals surface area contributed by atoms with Crippen LogP contribution < -0.4 is 0 Å². The maximum Gasteiger partial charge on any atom is 0.341 e. The van der Waals surface area contributed by atoms with Crippen LogP contribution in [0, 0.1) is 0 Å². The fourth-order valence-electron chi connectivity index (χ4n) is 3.01. The van der Waals surface area contributed by atoms with Crippen molar-refractivity contribution in [3.8, 4) is 0 Å². The Labute approximate surface area is 162 Å².